The van der Waals surface area contributed by atoms with E-state index < -0.39 is 0 Å². The van der Waals surface area contributed by atoms with Gasteiger partial charge >= 0.3 is 31.3 Å². The van der Waals surface area contributed by atoms with E-state index in [-0.39, 0.29) is 35.0 Å². The average molecular weight is 235 g/mol. The van der Waals surface area contributed by atoms with Crippen LogP contribution < -0.4 is 0 Å². The second-order valence-electron chi connectivity index (χ2n) is 0. The third-order valence-corrected chi connectivity index (χ3v) is 0. The summed E-state index contributed by atoms with van der Waals surface area (Å²) in [5.74, 6) is 0. The zero-order chi connectivity index (χ0) is 2.00. The summed E-state index contributed by atoms with van der Waals surface area (Å²) in [5, 5.41) is 0. The molecule has 0 unspecified atom stereocenters. The molecule has 0 N–H and O–H groups in total. The van der Waals surface area contributed by atoms with Gasteiger partial charge in [0.2, 0.25) is 0 Å². The molecule has 0 bridgehead atoms. The minimum absolute atomic E-state index is 0. The van der Waals surface area contributed by atoms with E-state index in [1.54, 1.807) is 0 Å². The molecule has 0 spiro atoms. The maximum Gasteiger partial charge on any atom is 0 e. The summed E-state index contributed by atoms with van der Waals surface area (Å²) in [7, 11) is 0. The Morgan fingerprint density at radius 1 is 1.25 bits per heavy atom. The number of rotatable bonds is 0. The Bertz CT molecular complexity index is 8.00. The zero-order valence-electron chi connectivity index (χ0n) is 2.17. The zero-order valence-corrected chi connectivity index (χ0v) is 8.56. The van der Waals surface area contributed by atoms with E-state index in [4.69, 9.17) is 0 Å². The van der Waals surface area contributed by atoms with Crippen molar-refractivity contribution in [2.24, 2.45) is 0 Å². The first kappa shape index (κ1) is 16.3. The summed E-state index contributed by atoms with van der Waals surface area (Å²) in [6.45, 7) is 0. The normalized spacial score (nSPS) is 1.00. The molecule has 4 heteroatoms. The first-order valence-electron chi connectivity index (χ1n) is 0.408. The number of hydrogen-bond donors (Lipinski definition) is 0. The Kier molecular flexibility index (Phi) is 75.3. The molecule has 0 aliphatic heterocycles. The van der Waals surface area contributed by atoms with E-state index in [1.165, 1.54) is 13.6 Å². The van der Waals surface area contributed by atoms with Crippen LogP contribution >= 0.6 is 0 Å². The van der Waals surface area contributed by atoms with Crippen LogP contribution in [0.5, 0.6) is 0 Å². The Labute approximate surface area is 65.6 Å². The maximum absolute atomic E-state index is 2.09. The molecule has 0 atom stereocenters. The molecule has 0 aliphatic rings. The Balaban J connectivity index is -0.00000000500. The molecule has 0 amide bonds. The molecular formula is H2AlMoNiV. The van der Waals surface area contributed by atoms with Gasteiger partial charge in [-0.3, -0.25) is 0 Å². The van der Waals surface area contributed by atoms with Crippen LogP contribution in [0.2, 0.25) is 0 Å². The van der Waals surface area contributed by atoms with E-state index in [0.29, 0.717) is 0 Å². The third-order valence-electron chi connectivity index (χ3n) is 0. The molecule has 0 nitrogen and oxygen atoms in total. The molecular weight excluding hydrogens is 233 g/mol. The van der Waals surface area contributed by atoms with Gasteiger partial charge in [-0.2, -0.15) is 0 Å². The summed E-state index contributed by atoms with van der Waals surface area (Å²) < 4.78 is 0. The van der Waals surface area contributed by atoms with Crippen molar-refractivity contribution in [3.05, 3.63) is 0 Å². The van der Waals surface area contributed by atoms with Crippen LogP contribution in [-0.4, -0.2) is 13.6 Å². The molecule has 0 fully saturated rings. The number of hydrogen-bond acceptors (Lipinski definition) is 0. The van der Waals surface area contributed by atoms with E-state index in [9.17, 15) is 0 Å². The largest absolute Gasteiger partial charge is 0 e. The average Bonchev–Trinajstić information content (AvgIpc) is 1.00. The maximum atomic E-state index is 2.09. The molecule has 0 aromatic carbocycles. The van der Waals surface area contributed by atoms with Crippen molar-refractivity contribution >= 4 is 13.6 Å². The summed E-state index contributed by atoms with van der Waals surface area (Å²) >= 11 is 3.40. The van der Waals surface area contributed by atoms with Crippen molar-refractivity contribution in [3.8, 4) is 0 Å². The SMILES string of the molecule is [AlH2][Mo].[Ni].[V]. The molecule has 0 heterocycles. The quantitative estimate of drug-likeness (QED) is 0.476. The standard InChI is InChI=1S/Al.Mo.Ni.V.2H. The minimum atomic E-state index is 0. The Hall–Kier alpha value is 2.30. The first-order chi connectivity index (χ1) is 1.00. The molecule has 26 valence electrons. The van der Waals surface area contributed by atoms with Crippen LogP contribution in [0.25, 0.3) is 0 Å². The van der Waals surface area contributed by atoms with Gasteiger partial charge in [-0.05, 0) is 0 Å². The smallest absolute Gasteiger partial charge is 0 e. The van der Waals surface area contributed by atoms with E-state index in [0.717, 1.165) is 0 Å². The van der Waals surface area contributed by atoms with Crippen LogP contribution in [0.3, 0.4) is 0 Å². The summed E-state index contributed by atoms with van der Waals surface area (Å²) in [6, 6.07) is 0. The molecule has 0 aromatic heterocycles. The van der Waals surface area contributed by atoms with Crippen LogP contribution in [0.1, 0.15) is 0 Å². The molecule has 0 aromatic rings. The topological polar surface area (TPSA) is 0 Å². The molecule has 4 heavy (non-hydrogen) atoms. The molecule has 0 saturated heterocycles. The van der Waals surface area contributed by atoms with Crippen molar-refractivity contribution in [2.45, 2.75) is 0 Å². The van der Waals surface area contributed by atoms with E-state index in [2.05, 4.69) is 17.7 Å². The van der Waals surface area contributed by atoms with Gasteiger partial charge in [0, 0.05) is 35.0 Å². The third kappa shape index (κ3) is 8.85. The second-order valence-corrected chi connectivity index (χ2v) is 0. The van der Waals surface area contributed by atoms with Gasteiger partial charge in [0.25, 0.3) is 0 Å². The molecule has 1 radical (unpaired) electrons. The monoisotopic (exact) mass is 236 g/mol. The van der Waals surface area contributed by atoms with E-state index in [1.807, 2.05) is 0 Å². The summed E-state index contributed by atoms with van der Waals surface area (Å²) in [4.78, 5) is 0. The summed E-state index contributed by atoms with van der Waals surface area (Å²) in [6.07, 6.45) is 0. The fourth-order valence-electron chi connectivity index (χ4n) is 0. The van der Waals surface area contributed by atoms with Crippen molar-refractivity contribution in [3.63, 3.8) is 0 Å². The van der Waals surface area contributed by atoms with Crippen LogP contribution in [0, 0.1) is 0 Å². The van der Waals surface area contributed by atoms with Crippen molar-refractivity contribution in [1.82, 2.24) is 0 Å². The van der Waals surface area contributed by atoms with Gasteiger partial charge in [0.1, 0.15) is 0 Å². The molecule has 0 saturated carbocycles. The van der Waals surface area contributed by atoms with Crippen molar-refractivity contribution < 1.29 is 52.7 Å². The van der Waals surface area contributed by atoms with Gasteiger partial charge < -0.3 is 0 Å². The predicted octanol–water partition coefficient (Wildman–Crippen LogP) is -0.924. The summed E-state index contributed by atoms with van der Waals surface area (Å²) in [5.41, 5.74) is 0. The second kappa shape index (κ2) is 18.5. The van der Waals surface area contributed by atoms with Crippen LogP contribution in [-0.2, 0) is 52.7 Å². The Morgan fingerprint density at radius 2 is 1.25 bits per heavy atom. The van der Waals surface area contributed by atoms with Gasteiger partial charge in [-0.15, -0.1) is 0 Å². The van der Waals surface area contributed by atoms with Gasteiger partial charge in [0.15, 0.2) is 0 Å². The molecule has 0 rings (SSSR count). The fraction of sp³-hybridized carbons (Fsp3) is 0. The van der Waals surface area contributed by atoms with Crippen LogP contribution in [0.4, 0.5) is 0 Å². The van der Waals surface area contributed by atoms with Crippen molar-refractivity contribution in [2.75, 3.05) is 0 Å². The van der Waals surface area contributed by atoms with Gasteiger partial charge in [0.05, 0.1) is 0 Å². The molecule has 0 aliphatic carbocycles. The van der Waals surface area contributed by atoms with Gasteiger partial charge in [-0.1, -0.05) is 0 Å². The minimum Gasteiger partial charge on any atom is 0 e. The Morgan fingerprint density at radius 3 is 1.25 bits per heavy atom. The first-order valence-corrected chi connectivity index (χ1v) is 7.25. The van der Waals surface area contributed by atoms with E-state index >= 15 is 0 Å². The van der Waals surface area contributed by atoms with Gasteiger partial charge in [-0.25, -0.2) is 0 Å². The predicted molar refractivity (Wildman–Crippen MR) is 8.54 cm³/mol. The van der Waals surface area contributed by atoms with Crippen molar-refractivity contribution in [1.29, 1.82) is 0 Å². The fourth-order valence-corrected chi connectivity index (χ4v) is 0. The van der Waals surface area contributed by atoms with Crippen LogP contribution in [0.15, 0.2) is 0 Å².